The van der Waals surface area contributed by atoms with E-state index < -0.39 is 0 Å². The third-order valence-electron chi connectivity index (χ3n) is 2.03. The Kier molecular flexibility index (Phi) is 4.84. The molecule has 11 heavy (non-hydrogen) atoms. The fourth-order valence-corrected chi connectivity index (χ4v) is 1.18. The maximum absolute atomic E-state index is 10.7. The van der Waals surface area contributed by atoms with Crippen LogP contribution in [-0.4, -0.2) is 5.78 Å². The molecule has 1 unspecified atom stereocenters. The molecule has 0 heterocycles. The van der Waals surface area contributed by atoms with Gasteiger partial charge in [0, 0.05) is 6.42 Å². The minimum absolute atomic E-state index is 0.282. The van der Waals surface area contributed by atoms with Crippen LogP contribution in [0.15, 0.2) is 12.2 Å². The predicted octanol–water partition coefficient (Wildman–Crippen LogP) is 2.96. The van der Waals surface area contributed by atoms with E-state index >= 15 is 0 Å². The number of ketones is 1. The van der Waals surface area contributed by atoms with Gasteiger partial charge in [0.1, 0.15) is 5.78 Å². The molecule has 0 aromatic carbocycles. The molecule has 0 aliphatic heterocycles. The largest absolute Gasteiger partial charge is 0.300 e. The van der Waals surface area contributed by atoms with Crippen molar-refractivity contribution in [3.8, 4) is 0 Å². The van der Waals surface area contributed by atoms with E-state index in [1.807, 2.05) is 6.92 Å². The second-order valence-corrected chi connectivity index (χ2v) is 3.19. The first kappa shape index (κ1) is 10.4. The molecule has 0 bridgehead atoms. The maximum Gasteiger partial charge on any atom is 0.129 e. The Labute approximate surface area is 69.5 Å². The summed E-state index contributed by atoms with van der Waals surface area (Å²) in [6.07, 6.45) is 2.77. The molecular weight excluding hydrogens is 136 g/mol. The zero-order valence-corrected chi connectivity index (χ0v) is 7.81. The molecule has 0 spiro atoms. The highest BCUT2D eigenvalue weighted by molar-refractivity contribution is 5.75. The Morgan fingerprint density at radius 2 is 2.00 bits per heavy atom. The highest BCUT2D eigenvalue weighted by Gasteiger charge is 2.07. The van der Waals surface area contributed by atoms with E-state index in [1.54, 1.807) is 6.92 Å². The van der Waals surface area contributed by atoms with Gasteiger partial charge in [0.25, 0.3) is 0 Å². The van der Waals surface area contributed by atoms with Gasteiger partial charge in [-0.2, -0.15) is 0 Å². The number of carbonyl (C=O) groups is 1. The van der Waals surface area contributed by atoms with Crippen LogP contribution in [0.4, 0.5) is 0 Å². The van der Waals surface area contributed by atoms with Crippen LogP contribution >= 0.6 is 0 Å². The molecule has 0 aliphatic rings. The van der Waals surface area contributed by atoms with Gasteiger partial charge in [0.05, 0.1) is 0 Å². The number of hydrogen-bond acceptors (Lipinski definition) is 1. The first-order valence-electron chi connectivity index (χ1n) is 4.22. The third kappa shape index (κ3) is 4.77. The van der Waals surface area contributed by atoms with Crippen molar-refractivity contribution in [2.75, 3.05) is 0 Å². The molecule has 0 aliphatic carbocycles. The normalized spacial score (nSPS) is 12.6. The summed E-state index contributed by atoms with van der Waals surface area (Å²) in [6, 6.07) is 0. The lowest BCUT2D eigenvalue weighted by Crippen LogP contribution is -2.02. The summed E-state index contributed by atoms with van der Waals surface area (Å²) in [4.78, 5) is 10.7. The smallest absolute Gasteiger partial charge is 0.129 e. The number of rotatable bonds is 5. The topological polar surface area (TPSA) is 17.1 Å². The molecule has 0 rings (SSSR count). The average molecular weight is 154 g/mol. The zero-order valence-electron chi connectivity index (χ0n) is 7.81. The van der Waals surface area contributed by atoms with Gasteiger partial charge in [0.15, 0.2) is 0 Å². The van der Waals surface area contributed by atoms with E-state index in [-0.39, 0.29) is 5.78 Å². The van der Waals surface area contributed by atoms with Gasteiger partial charge in [-0.1, -0.05) is 19.1 Å². The van der Waals surface area contributed by atoms with Crippen LogP contribution in [0.2, 0.25) is 0 Å². The summed E-state index contributed by atoms with van der Waals surface area (Å²) >= 11 is 0. The van der Waals surface area contributed by atoms with Gasteiger partial charge in [-0.15, -0.1) is 0 Å². The van der Waals surface area contributed by atoms with Crippen LogP contribution in [0, 0.1) is 5.92 Å². The van der Waals surface area contributed by atoms with Crippen LogP contribution in [0.25, 0.3) is 0 Å². The van der Waals surface area contributed by atoms with E-state index in [4.69, 9.17) is 0 Å². The molecule has 0 radical (unpaired) electrons. The van der Waals surface area contributed by atoms with Crippen molar-refractivity contribution < 1.29 is 4.79 Å². The zero-order chi connectivity index (χ0) is 8.85. The number of hydrogen-bond donors (Lipinski definition) is 0. The van der Waals surface area contributed by atoms with Crippen LogP contribution in [0.1, 0.15) is 40.0 Å². The molecule has 1 atom stereocenters. The lowest BCUT2D eigenvalue weighted by molar-refractivity contribution is -0.117. The number of allylic oxidation sites excluding steroid dienone is 1. The minimum Gasteiger partial charge on any atom is -0.300 e. The van der Waals surface area contributed by atoms with Gasteiger partial charge in [-0.3, -0.25) is 0 Å². The molecule has 1 heteroatoms. The molecule has 0 aromatic heterocycles. The Morgan fingerprint density at radius 1 is 1.45 bits per heavy atom. The van der Waals surface area contributed by atoms with Crippen molar-refractivity contribution >= 4 is 5.78 Å². The predicted molar refractivity (Wildman–Crippen MR) is 48.5 cm³/mol. The highest BCUT2D eigenvalue weighted by Crippen LogP contribution is 2.18. The lowest BCUT2D eigenvalue weighted by atomic mass is 9.93. The van der Waals surface area contributed by atoms with E-state index in [0.717, 1.165) is 12.8 Å². The van der Waals surface area contributed by atoms with Crippen molar-refractivity contribution in [2.45, 2.75) is 40.0 Å². The minimum atomic E-state index is 0.282. The third-order valence-corrected chi connectivity index (χ3v) is 2.03. The summed E-state index contributed by atoms with van der Waals surface area (Å²) in [5.41, 5.74) is 1.20. The standard InChI is InChI=1S/C10H18O/c1-5-10(8(2)3)7-6-9(4)11/h10H,2,5-7H2,1,3-4H3. The Bertz CT molecular complexity index is 147. The second-order valence-electron chi connectivity index (χ2n) is 3.19. The molecule has 1 nitrogen and oxygen atoms in total. The molecule has 0 fully saturated rings. The highest BCUT2D eigenvalue weighted by atomic mass is 16.1. The van der Waals surface area contributed by atoms with E-state index in [1.165, 1.54) is 5.57 Å². The summed E-state index contributed by atoms with van der Waals surface area (Å²) < 4.78 is 0. The number of Topliss-reactive ketones (excluding diaryl/α,β-unsaturated/α-hetero) is 1. The van der Waals surface area contributed by atoms with Gasteiger partial charge < -0.3 is 4.79 Å². The molecule has 0 saturated carbocycles. The van der Waals surface area contributed by atoms with E-state index in [2.05, 4.69) is 13.5 Å². The summed E-state index contributed by atoms with van der Waals surface area (Å²) in [6.45, 7) is 9.71. The van der Waals surface area contributed by atoms with Crippen molar-refractivity contribution in [3.63, 3.8) is 0 Å². The van der Waals surface area contributed by atoms with Crippen LogP contribution in [0.5, 0.6) is 0 Å². The molecule has 0 amide bonds. The number of carbonyl (C=O) groups excluding carboxylic acids is 1. The van der Waals surface area contributed by atoms with Crippen LogP contribution in [-0.2, 0) is 4.79 Å². The SMILES string of the molecule is C=C(C)C(CC)CCC(C)=O. The van der Waals surface area contributed by atoms with Gasteiger partial charge in [-0.05, 0) is 32.6 Å². The Hall–Kier alpha value is -0.590. The average Bonchev–Trinajstić information content (AvgIpc) is 1.87. The van der Waals surface area contributed by atoms with Crippen molar-refractivity contribution in [2.24, 2.45) is 5.92 Å². The van der Waals surface area contributed by atoms with Crippen molar-refractivity contribution in [3.05, 3.63) is 12.2 Å². The first-order valence-corrected chi connectivity index (χ1v) is 4.22. The Morgan fingerprint density at radius 3 is 2.27 bits per heavy atom. The maximum atomic E-state index is 10.7. The van der Waals surface area contributed by atoms with Crippen LogP contribution in [0.3, 0.4) is 0 Å². The fraction of sp³-hybridized carbons (Fsp3) is 0.700. The first-order chi connectivity index (χ1) is 5.07. The van der Waals surface area contributed by atoms with Gasteiger partial charge >= 0.3 is 0 Å². The van der Waals surface area contributed by atoms with Crippen LogP contribution < -0.4 is 0 Å². The second kappa shape index (κ2) is 5.11. The molecular formula is C10H18O. The molecule has 64 valence electrons. The lowest BCUT2D eigenvalue weighted by Gasteiger charge is -2.12. The van der Waals surface area contributed by atoms with Gasteiger partial charge in [0.2, 0.25) is 0 Å². The van der Waals surface area contributed by atoms with Crippen molar-refractivity contribution in [1.82, 2.24) is 0 Å². The monoisotopic (exact) mass is 154 g/mol. The van der Waals surface area contributed by atoms with Gasteiger partial charge in [-0.25, -0.2) is 0 Å². The van der Waals surface area contributed by atoms with Crippen molar-refractivity contribution in [1.29, 1.82) is 0 Å². The molecule has 0 N–H and O–H groups in total. The molecule has 0 saturated heterocycles. The fourth-order valence-electron chi connectivity index (χ4n) is 1.18. The quantitative estimate of drug-likeness (QED) is 0.556. The summed E-state index contributed by atoms with van der Waals surface area (Å²) in [5, 5.41) is 0. The summed E-state index contributed by atoms with van der Waals surface area (Å²) in [5.74, 6) is 0.823. The summed E-state index contributed by atoms with van der Waals surface area (Å²) in [7, 11) is 0. The Balaban J connectivity index is 3.70. The van der Waals surface area contributed by atoms with E-state index in [9.17, 15) is 4.79 Å². The van der Waals surface area contributed by atoms with E-state index in [0.29, 0.717) is 12.3 Å². The molecule has 0 aromatic rings.